The largest absolute Gasteiger partial charge is 0.456 e. The molecule has 0 atom stereocenters. The number of furan rings is 1. The Morgan fingerprint density at radius 1 is 1.22 bits per heavy atom. The molecule has 1 aromatic heterocycles. The molecule has 0 N–H and O–H groups in total. The first-order chi connectivity index (χ1) is 11.1. The highest BCUT2D eigenvalue weighted by atomic mass is 35.5. The summed E-state index contributed by atoms with van der Waals surface area (Å²) in [5.41, 5.74) is 1.82. The molecule has 1 saturated heterocycles. The van der Waals surface area contributed by atoms with Gasteiger partial charge in [0.1, 0.15) is 11.6 Å². The molecule has 0 unspecified atom stereocenters. The number of nitrogens with zero attached hydrogens (tertiary/aromatic N) is 2. The van der Waals surface area contributed by atoms with Gasteiger partial charge in [0.25, 0.3) is 5.91 Å². The van der Waals surface area contributed by atoms with Crippen molar-refractivity contribution in [3.8, 4) is 0 Å². The van der Waals surface area contributed by atoms with E-state index in [1.807, 2.05) is 0 Å². The zero-order chi connectivity index (χ0) is 16.4. The number of halogens is 2. The summed E-state index contributed by atoms with van der Waals surface area (Å²) in [6.45, 7) is 4.43. The van der Waals surface area contributed by atoms with Gasteiger partial charge in [-0.2, -0.15) is 0 Å². The number of hydrogen-bond donors (Lipinski definition) is 0. The average Bonchev–Trinajstić information content (AvgIpc) is 2.96. The summed E-state index contributed by atoms with van der Waals surface area (Å²) in [5.74, 6) is 1.01. The van der Waals surface area contributed by atoms with Crippen LogP contribution in [0.3, 0.4) is 0 Å². The van der Waals surface area contributed by atoms with Gasteiger partial charge in [-0.15, -0.1) is 11.6 Å². The molecule has 4 nitrogen and oxygen atoms in total. The Morgan fingerprint density at radius 2 is 1.87 bits per heavy atom. The molecular formula is C17H18ClFN2O2. The zero-order valence-electron chi connectivity index (χ0n) is 12.9. The number of aryl methyl sites for hydroxylation is 1. The molecule has 2 aromatic rings. The number of anilines is 1. The van der Waals surface area contributed by atoms with Crippen LogP contribution in [0.25, 0.3) is 0 Å². The molecule has 23 heavy (non-hydrogen) atoms. The second-order valence-electron chi connectivity index (χ2n) is 5.58. The number of benzene rings is 1. The predicted octanol–water partition coefficient (Wildman–Crippen LogP) is 3.43. The minimum Gasteiger partial charge on any atom is -0.456 e. The Labute approximate surface area is 139 Å². The number of carbonyl (C=O) groups is 1. The van der Waals surface area contributed by atoms with Crippen LogP contribution < -0.4 is 4.90 Å². The Bertz CT molecular complexity index is 691. The van der Waals surface area contributed by atoms with E-state index in [9.17, 15) is 9.18 Å². The van der Waals surface area contributed by atoms with E-state index < -0.39 is 0 Å². The predicted molar refractivity (Wildman–Crippen MR) is 87.5 cm³/mol. The molecule has 0 saturated carbocycles. The van der Waals surface area contributed by atoms with Crippen LogP contribution in [0.4, 0.5) is 10.1 Å². The molecule has 1 aromatic carbocycles. The number of alkyl halides is 1. The van der Waals surface area contributed by atoms with Crippen LogP contribution in [0.2, 0.25) is 0 Å². The summed E-state index contributed by atoms with van der Waals surface area (Å²) < 4.78 is 18.5. The van der Waals surface area contributed by atoms with Gasteiger partial charge in [0.05, 0.1) is 5.88 Å². The molecule has 1 aliphatic heterocycles. The molecule has 0 spiro atoms. The van der Waals surface area contributed by atoms with Crippen LogP contribution >= 0.6 is 11.6 Å². The van der Waals surface area contributed by atoms with Crippen LogP contribution in [-0.2, 0) is 5.88 Å². The van der Waals surface area contributed by atoms with Crippen molar-refractivity contribution in [1.82, 2.24) is 4.90 Å². The molecule has 1 aliphatic rings. The molecule has 122 valence electrons. The average molecular weight is 337 g/mol. The van der Waals surface area contributed by atoms with E-state index in [1.165, 1.54) is 12.1 Å². The van der Waals surface area contributed by atoms with Gasteiger partial charge in [-0.1, -0.05) is 0 Å². The third-order valence-corrected chi connectivity index (χ3v) is 4.42. The lowest BCUT2D eigenvalue weighted by molar-refractivity contribution is 0.0713. The lowest BCUT2D eigenvalue weighted by Crippen LogP contribution is -2.48. The zero-order valence-corrected chi connectivity index (χ0v) is 13.6. The van der Waals surface area contributed by atoms with Crippen molar-refractivity contribution < 1.29 is 13.6 Å². The van der Waals surface area contributed by atoms with Gasteiger partial charge in [-0.05, 0) is 37.3 Å². The lowest BCUT2D eigenvalue weighted by Gasteiger charge is -2.35. The number of amides is 1. The van der Waals surface area contributed by atoms with Crippen LogP contribution in [-0.4, -0.2) is 37.0 Å². The fourth-order valence-corrected chi connectivity index (χ4v) is 3.00. The highest BCUT2D eigenvalue weighted by molar-refractivity contribution is 6.17. The first kappa shape index (κ1) is 15.9. The normalized spacial score (nSPS) is 15.1. The first-order valence-electron chi connectivity index (χ1n) is 7.53. The van der Waals surface area contributed by atoms with Gasteiger partial charge in [0.15, 0.2) is 5.76 Å². The molecule has 1 amide bonds. The fourth-order valence-electron chi connectivity index (χ4n) is 2.73. The number of rotatable bonds is 3. The quantitative estimate of drug-likeness (QED) is 0.806. The molecule has 6 heteroatoms. The van der Waals surface area contributed by atoms with E-state index >= 15 is 0 Å². The smallest absolute Gasteiger partial charge is 0.289 e. The first-order valence-corrected chi connectivity index (χ1v) is 8.07. The van der Waals surface area contributed by atoms with Gasteiger partial charge in [0.2, 0.25) is 0 Å². The Morgan fingerprint density at radius 3 is 2.43 bits per heavy atom. The number of piperazine rings is 1. The van der Waals surface area contributed by atoms with Gasteiger partial charge in [0, 0.05) is 37.4 Å². The van der Waals surface area contributed by atoms with Crippen molar-refractivity contribution in [2.45, 2.75) is 12.8 Å². The lowest BCUT2D eigenvalue weighted by atomic mass is 10.2. The van der Waals surface area contributed by atoms with Gasteiger partial charge >= 0.3 is 0 Å². The van der Waals surface area contributed by atoms with E-state index in [1.54, 1.807) is 30.0 Å². The van der Waals surface area contributed by atoms with Crippen molar-refractivity contribution in [2.24, 2.45) is 0 Å². The minimum atomic E-state index is -0.245. The second kappa shape index (κ2) is 6.62. The summed E-state index contributed by atoms with van der Waals surface area (Å²) in [6, 6.07) is 8.14. The molecule has 3 rings (SSSR count). The highest BCUT2D eigenvalue weighted by Crippen LogP contribution is 2.21. The maximum Gasteiger partial charge on any atom is 0.289 e. The molecular weight excluding hydrogens is 319 g/mol. The van der Waals surface area contributed by atoms with E-state index in [-0.39, 0.29) is 11.7 Å². The number of hydrogen-bond acceptors (Lipinski definition) is 3. The van der Waals surface area contributed by atoms with Crippen molar-refractivity contribution in [3.63, 3.8) is 0 Å². The monoisotopic (exact) mass is 336 g/mol. The van der Waals surface area contributed by atoms with E-state index in [2.05, 4.69) is 4.90 Å². The van der Waals surface area contributed by atoms with Crippen molar-refractivity contribution >= 4 is 23.2 Å². The molecule has 0 aliphatic carbocycles. The molecule has 1 fully saturated rings. The van der Waals surface area contributed by atoms with Crippen molar-refractivity contribution in [1.29, 1.82) is 0 Å². The van der Waals surface area contributed by atoms with Gasteiger partial charge in [-0.3, -0.25) is 4.79 Å². The third kappa shape index (κ3) is 3.34. The van der Waals surface area contributed by atoms with E-state index in [0.29, 0.717) is 43.6 Å². The third-order valence-electron chi connectivity index (χ3n) is 4.13. The molecule has 0 bridgehead atoms. The van der Waals surface area contributed by atoms with Gasteiger partial charge < -0.3 is 14.2 Å². The standard InChI is InChI=1S/C17H18ClFN2O2/c1-12-13(11-18)10-16(23-12)17(22)21-8-6-20(7-9-21)15-4-2-14(19)3-5-15/h2-5,10H,6-9,11H2,1H3. The Kier molecular flexibility index (Phi) is 4.57. The molecule has 2 heterocycles. The van der Waals surface area contributed by atoms with Crippen LogP contribution in [0, 0.1) is 12.7 Å². The van der Waals surface area contributed by atoms with Crippen molar-refractivity contribution in [3.05, 3.63) is 53.2 Å². The SMILES string of the molecule is Cc1oc(C(=O)N2CCN(c3ccc(F)cc3)CC2)cc1CCl. The summed E-state index contributed by atoms with van der Waals surface area (Å²) in [5, 5.41) is 0. The van der Waals surface area contributed by atoms with Crippen LogP contribution in [0.15, 0.2) is 34.7 Å². The van der Waals surface area contributed by atoms with Crippen molar-refractivity contribution in [2.75, 3.05) is 31.1 Å². The molecule has 0 radical (unpaired) electrons. The Balaban J connectivity index is 1.64. The number of carbonyl (C=O) groups excluding carboxylic acids is 1. The van der Waals surface area contributed by atoms with Crippen LogP contribution in [0.1, 0.15) is 21.9 Å². The highest BCUT2D eigenvalue weighted by Gasteiger charge is 2.25. The maximum absolute atomic E-state index is 13.0. The van der Waals surface area contributed by atoms with Crippen LogP contribution in [0.5, 0.6) is 0 Å². The summed E-state index contributed by atoms with van der Waals surface area (Å²) in [6.07, 6.45) is 0. The Hall–Kier alpha value is -2.01. The van der Waals surface area contributed by atoms with E-state index in [4.69, 9.17) is 16.0 Å². The maximum atomic E-state index is 13.0. The summed E-state index contributed by atoms with van der Waals surface area (Å²) >= 11 is 5.82. The minimum absolute atomic E-state index is 0.108. The summed E-state index contributed by atoms with van der Waals surface area (Å²) in [4.78, 5) is 16.4. The van der Waals surface area contributed by atoms with Gasteiger partial charge in [-0.25, -0.2) is 4.39 Å². The fraction of sp³-hybridized carbons (Fsp3) is 0.353. The van der Waals surface area contributed by atoms with E-state index in [0.717, 1.165) is 11.3 Å². The second-order valence-corrected chi connectivity index (χ2v) is 5.85. The summed E-state index contributed by atoms with van der Waals surface area (Å²) in [7, 11) is 0. The topological polar surface area (TPSA) is 36.7 Å².